The van der Waals surface area contributed by atoms with Gasteiger partial charge in [-0.15, -0.1) is 0 Å². The zero-order valence-corrected chi connectivity index (χ0v) is 13.1. The molecule has 0 bridgehead atoms. The molecule has 0 N–H and O–H groups in total. The Morgan fingerprint density at radius 3 is 2.64 bits per heavy atom. The van der Waals surface area contributed by atoms with E-state index in [2.05, 4.69) is 14.8 Å². The van der Waals surface area contributed by atoms with Gasteiger partial charge < -0.3 is 4.74 Å². The summed E-state index contributed by atoms with van der Waals surface area (Å²) in [5.41, 5.74) is 1.64. The largest absolute Gasteiger partial charge is 0.495 e. The molecule has 0 fully saturated rings. The first-order valence-electron chi connectivity index (χ1n) is 7.23. The van der Waals surface area contributed by atoms with E-state index >= 15 is 0 Å². The summed E-state index contributed by atoms with van der Waals surface area (Å²) in [6, 6.07) is 9.17. The first-order chi connectivity index (χ1) is 11.8. The van der Waals surface area contributed by atoms with E-state index in [-0.39, 0.29) is 13.0 Å². The normalized spacial score (nSPS) is 12.6. The van der Waals surface area contributed by atoms with Crippen molar-refractivity contribution < 1.29 is 37.3 Å². The van der Waals surface area contributed by atoms with Crippen LogP contribution in [0.2, 0.25) is 0 Å². The molecule has 1 unspecified atom stereocenters. The smallest absolute Gasteiger partial charge is 0.373 e. The summed E-state index contributed by atoms with van der Waals surface area (Å²) in [6.45, 7) is 1.64. The maximum atomic E-state index is 11.9. The van der Waals surface area contributed by atoms with Gasteiger partial charge in [0, 0.05) is 11.6 Å². The number of benzene rings is 1. The second-order valence-electron chi connectivity index (χ2n) is 5.00. The fraction of sp³-hybridized carbons (Fsp3) is 0.312. The van der Waals surface area contributed by atoms with Crippen LogP contribution < -0.4 is 0 Å². The van der Waals surface area contributed by atoms with Crippen molar-refractivity contribution in [3.8, 4) is 0 Å². The molecule has 0 saturated heterocycles. The van der Waals surface area contributed by atoms with Crippen molar-refractivity contribution >= 4 is 22.8 Å². The molecule has 9 heteroatoms. The highest BCUT2D eigenvalue weighted by atomic mass is 19.4. The monoisotopic (exact) mass is 357 g/mol. The number of ether oxygens (including phenoxy) is 1. The van der Waals surface area contributed by atoms with E-state index < -0.39 is 24.2 Å². The van der Waals surface area contributed by atoms with Crippen LogP contribution >= 0.6 is 0 Å². The SMILES string of the molecule is CC(OCCC(=O)OOC(=O)C(F)(F)F)c1cccc2ncccc12. The lowest BCUT2D eigenvalue weighted by Gasteiger charge is -2.15. The maximum absolute atomic E-state index is 11.9. The molecule has 1 aromatic carbocycles. The second-order valence-corrected chi connectivity index (χ2v) is 5.00. The summed E-state index contributed by atoms with van der Waals surface area (Å²) in [7, 11) is 0. The zero-order chi connectivity index (χ0) is 18.4. The topological polar surface area (TPSA) is 74.7 Å². The van der Waals surface area contributed by atoms with Crippen LogP contribution in [0, 0.1) is 0 Å². The molecule has 25 heavy (non-hydrogen) atoms. The minimum Gasteiger partial charge on any atom is -0.373 e. The summed E-state index contributed by atoms with van der Waals surface area (Å²) in [5.74, 6) is -3.75. The van der Waals surface area contributed by atoms with Gasteiger partial charge in [-0.25, -0.2) is 19.4 Å². The molecule has 0 aliphatic rings. The number of hydrogen-bond donors (Lipinski definition) is 0. The van der Waals surface area contributed by atoms with Gasteiger partial charge in [0.2, 0.25) is 0 Å². The van der Waals surface area contributed by atoms with Gasteiger partial charge in [0.15, 0.2) is 0 Å². The molecule has 0 radical (unpaired) electrons. The predicted molar refractivity (Wildman–Crippen MR) is 79.0 cm³/mol. The Balaban J connectivity index is 1.83. The van der Waals surface area contributed by atoms with Gasteiger partial charge in [-0.1, -0.05) is 18.2 Å². The van der Waals surface area contributed by atoms with Crippen molar-refractivity contribution in [1.82, 2.24) is 4.98 Å². The van der Waals surface area contributed by atoms with Crippen molar-refractivity contribution in [3.05, 3.63) is 42.1 Å². The van der Waals surface area contributed by atoms with Crippen molar-refractivity contribution in [1.29, 1.82) is 0 Å². The Morgan fingerprint density at radius 2 is 1.92 bits per heavy atom. The fourth-order valence-corrected chi connectivity index (χ4v) is 2.06. The second kappa shape index (κ2) is 7.93. The number of nitrogens with zero attached hydrogens (tertiary/aromatic N) is 1. The van der Waals surface area contributed by atoms with Gasteiger partial charge in [-0.2, -0.15) is 13.2 Å². The van der Waals surface area contributed by atoms with Crippen molar-refractivity contribution in [2.24, 2.45) is 0 Å². The quantitative estimate of drug-likeness (QED) is 0.604. The highest BCUT2D eigenvalue weighted by molar-refractivity contribution is 5.82. The summed E-state index contributed by atoms with van der Waals surface area (Å²) >= 11 is 0. The van der Waals surface area contributed by atoms with E-state index in [1.807, 2.05) is 24.3 Å². The molecule has 2 rings (SSSR count). The van der Waals surface area contributed by atoms with E-state index in [1.165, 1.54) is 0 Å². The number of rotatable bonds is 5. The number of alkyl halides is 3. The number of carbonyl (C=O) groups excluding carboxylic acids is 2. The Kier molecular flexibility index (Phi) is 5.92. The molecular weight excluding hydrogens is 343 g/mol. The van der Waals surface area contributed by atoms with Gasteiger partial charge in [0.05, 0.1) is 24.6 Å². The Labute approximate surface area is 140 Å². The van der Waals surface area contributed by atoms with Crippen LogP contribution in [0.4, 0.5) is 13.2 Å². The van der Waals surface area contributed by atoms with Crippen LogP contribution in [0.5, 0.6) is 0 Å². The Hall–Kier alpha value is -2.68. The van der Waals surface area contributed by atoms with Gasteiger partial charge in [-0.05, 0) is 24.6 Å². The van der Waals surface area contributed by atoms with Gasteiger partial charge in [0.25, 0.3) is 0 Å². The number of halogens is 3. The van der Waals surface area contributed by atoms with E-state index in [0.717, 1.165) is 16.5 Å². The number of fused-ring (bicyclic) bond motifs is 1. The molecule has 6 nitrogen and oxygen atoms in total. The van der Waals surface area contributed by atoms with Crippen LogP contribution in [-0.2, 0) is 24.1 Å². The average molecular weight is 357 g/mol. The van der Waals surface area contributed by atoms with Crippen molar-refractivity contribution in [3.63, 3.8) is 0 Å². The molecular formula is C16H14F3NO5. The molecule has 134 valence electrons. The van der Waals surface area contributed by atoms with Crippen LogP contribution in [-0.4, -0.2) is 29.7 Å². The van der Waals surface area contributed by atoms with Crippen LogP contribution in [0.1, 0.15) is 25.0 Å². The van der Waals surface area contributed by atoms with Crippen LogP contribution in [0.25, 0.3) is 10.9 Å². The van der Waals surface area contributed by atoms with Crippen LogP contribution in [0.3, 0.4) is 0 Å². The number of pyridine rings is 1. The molecule has 1 aromatic heterocycles. The fourth-order valence-electron chi connectivity index (χ4n) is 2.06. The summed E-state index contributed by atoms with van der Waals surface area (Å²) in [4.78, 5) is 33.1. The number of carbonyl (C=O) groups is 2. The van der Waals surface area contributed by atoms with Crippen molar-refractivity contribution in [2.45, 2.75) is 25.6 Å². The molecule has 0 aliphatic heterocycles. The first-order valence-corrected chi connectivity index (χ1v) is 7.23. The van der Waals surface area contributed by atoms with Gasteiger partial charge >= 0.3 is 18.1 Å². The Morgan fingerprint density at radius 1 is 1.16 bits per heavy atom. The third-order valence-electron chi connectivity index (χ3n) is 3.23. The summed E-state index contributed by atoms with van der Waals surface area (Å²) in [5, 5.41) is 0.888. The molecule has 1 atom stereocenters. The molecule has 0 saturated carbocycles. The number of hydrogen-bond acceptors (Lipinski definition) is 6. The lowest BCUT2D eigenvalue weighted by Crippen LogP contribution is -2.26. The van der Waals surface area contributed by atoms with E-state index in [9.17, 15) is 22.8 Å². The molecule has 0 amide bonds. The highest BCUT2D eigenvalue weighted by Crippen LogP contribution is 2.25. The van der Waals surface area contributed by atoms with E-state index in [4.69, 9.17) is 4.74 Å². The highest BCUT2D eigenvalue weighted by Gasteiger charge is 2.43. The maximum Gasteiger partial charge on any atom is 0.495 e. The summed E-state index contributed by atoms with van der Waals surface area (Å²) in [6.07, 6.45) is -4.33. The lowest BCUT2D eigenvalue weighted by atomic mass is 10.0. The minimum absolute atomic E-state index is 0.125. The van der Waals surface area contributed by atoms with Gasteiger partial charge in [-0.3, -0.25) is 4.98 Å². The summed E-state index contributed by atoms with van der Waals surface area (Å²) < 4.78 is 41.1. The zero-order valence-electron chi connectivity index (χ0n) is 13.1. The standard InChI is InChI=1S/C16H14F3NO5/c1-10(11-4-2-6-13-12(11)5-3-8-20-13)23-9-7-14(21)24-25-15(22)16(17,18)19/h2-6,8,10H,7,9H2,1H3. The molecule has 0 spiro atoms. The molecule has 2 aromatic rings. The Bertz CT molecular complexity index is 758. The first kappa shape index (κ1) is 18.7. The average Bonchev–Trinajstić information content (AvgIpc) is 2.58. The predicted octanol–water partition coefficient (Wildman–Crippen LogP) is 3.27. The van der Waals surface area contributed by atoms with E-state index in [1.54, 1.807) is 19.2 Å². The van der Waals surface area contributed by atoms with Gasteiger partial charge in [0.1, 0.15) is 0 Å². The molecule has 1 heterocycles. The van der Waals surface area contributed by atoms with E-state index in [0.29, 0.717) is 0 Å². The third-order valence-corrected chi connectivity index (χ3v) is 3.23. The third kappa shape index (κ3) is 5.15. The van der Waals surface area contributed by atoms with Crippen LogP contribution in [0.15, 0.2) is 36.5 Å². The minimum atomic E-state index is -5.23. The lowest BCUT2D eigenvalue weighted by molar-refractivity contribution is -0.286. The molecule has 0 aliphatic carbocycles. The van der Waals surface area contributed by atoms with Crippen molar-refractivity contribution in [2.75, 3.05) is 6.61 Å². The number of aromatic nitrogens is 1.